The molecule has 0 radical (unpaired) electrons. The third-order valence-electron chi connectivity index (χ3n) is 2.67. The molecule has 0 aliphatic rings. The van der Waals surface area contributed by atoms with E-state index in [4.69, 9.17) is 5.73 Å². The van der Waals surface area contributed by atoms with Gasteiger partial charge in [-0.05, 0) is 30.6 Å². The second-order valence-corrected chi connectivity index (χ2v) is 4.66. The van der Waals surface area contributed by atoms with E-state index in [1.165, 1.54) is 6.07 Å². The summed E-state index contributed by atoms with van der Waals surface area (Å²) >= 11 is 1.14. The Hall–Kier alpha value is -2.02. The molecule has 0 aliphatic carbocycles. The van der Waals surface area contributed by atoms with E-state index in [2.05, 4.69) is 14.3 Å². The third-order valence-corrected chi connectivity index (χ3v) is 3.44. The number of H-pyrrole nitrogens is 1. The Kier molecular flexibility index (Phi) is 2.30. The lowest BCUT2D eigenvalue weighted by molar-refractivity contribution is 0.515. The van der Waals surface area contributed by atoms with E-state index in [0.717, 1.165) is 17.6 Å². The number of hydrogen-bond acceptors (Lipinski definition) is 4. The SMILES string of the molecule is Cc1nsc(N)c1-c1nc2c(F)c(F)ccc2[nH]1. The fourth-order valence-corrected chi connectivity index (χ4v) is 2.47. The van der Waals surface area contributed by atoms with Crippen LogP contribution in [0.5, 0.6) is 0 Å². The van der Waals surface area contributed by atoms with Gasteiger partial charge in [0, 0.05) is 0 Å². The van der Waals surface area contributed by atoms with Gasteiger partial charge in [-0.25, -0.2) is 13.8 Å². The zero-order valence-corrected chi connectivity index (χ0v) is 10.1. The highest BCUT2D eigenvalue weighted by atomic mass is 32.1. The smallest absolute Gasteiger partial charge is 0.186 e. The molecule has 0 aliphatic heterocycles. The first kappa shape index (κ1) is 11.1. The molecule has 2 heterocycles. The Balaban J connectivity index is 2.29. The van der Waals surface area contributed by atoms with Crippen LogP contribution in [0.1, 0.15) is 5.69 Å². The van der Waals surface area contributed by atoms with Gasteiger partial charge in [0.05, 0.1) is 16.8 Å². The van der Waals surface area contributed by atoms with Gasteiger partial charge in [0.2, 0.25) is 0 Å². The van der Waals surface area contributed by atoms with Crippen molar-refractivity contribution in [1.29, 1.82) is 0 Å². The second-order valence-electron chi connectivity index (χ2n) is 3.85. The predicted octanol–water partition coefficient (Wildman–Crippen LogP) is 2.86. The molecule has 0 atom stereocenters. The number of fused-ring (bicyclic) bond motifs is 1. The van der Waals surface area contributed by atoms with E-state index in [0.29, 0.717) is 27.6 Å². The number of benzene rings is 1. The molecule has 1 aromatic carbocycles. The molecule has 0 amide bonds. The van der Waals surface area contributed by atoms with E-state index in [9.17, 15) is 8.78 Å². The van der Waals surface area contributed by atoms with Crippen LogP contribution < -0.4 is 5.73 Å². The summed E-state index contributed by atoms with van der Waals surface area (Å²) in [5.41, 5.74) is 7.53. The average molecular weight is 266 g/mol. The van der Waals surface area contributed by atoms with Gasteiger partial charge < -0.3 is 10.7 Å². The summed E-state index contributed by atoms with van der Waals surface area (Å²) in [6.45, 7) is 1.78. The quantitative estimate of drug-likeness (QED) is 0.711. The highest BCUT2D eigenvalue weighted by molar-refractivity contribution is 7.10. The van der Waals surface area contributed by atoms with Gasteiger partial charge in [0.15, 0.2) is 11.6 Å². The summed E-state index contributed by atoms with van der Waals surface area (Å²) < 4.78 is 30.7. The predicted molar refractivity (Wildman–Crippen MR) is 66.3 cm³/mol. The van der Waals surface area contributed by atoms with Gasteiger partial charge in [0.1, 0.15) is 16.3 Å². The van der Waals surface area contributed by atoms with Crippen LogP contribution in [0.15, 0.2) is 12.1 Å². The van der Waals surface area contributed by atoms with Crippen LogP contribution in [0.3, 0.4) is 0 Å². The van der Waals surface area contributed by atoms with Crippen molar-refractivity contribution in [2.45, 2.75) is 6.92 Å². The number of hydrogen-bond donors (Lipinski definition) is 2. The van der Waals surface area contributed by atoms with Crippen LogP contribution in [0.4, 0.5) is 13.8 Å². The molecule has 0 fully saturated rings. The number of aryl methyl sites for hydroxylation is 1. The molecular weight excluding hydrogens is 258 g/mol. The summed E-state index contributed by atoms with van der Waals surface area (Å²) in [5.74, 6) is -1.48. The van der Waals surface area contributed by atoms with Gasteiger partial charge in [-0.15, -0.1) is 0 Å². The van der Waals surface area contributed by atoms with Crippen molar-refractivity contribution in [3.05, 3.63) is 29.5 Å². The first-order valence-corrected chi connectivity index (χ1v) is 5.91. The van der Waals surface area contributed by atoms with Crippen LogP contribution >= 0.6 is 11.5 Å². The number of nitrogens with one attached hydrogen (secondary N) is 1. The summed E-state index contributed by atoms with van der Waals surface area (Å²) in [6, 6.07) is 2.50. The van der Waals surface area contributed by atoms with Crippen molar-refractivity contribution in [2.24, 2.45) is 0 Å². The molecule has 7 heteroatoms. The Morgan fingerprint density at radius 2 is 2.11 bits per heavy atom. The number of aromatic amines is 1. The molecule has 0 spiro atoms. The van der Waals surface area contributed by atoms with Crippen LogP contribution in [-0.4, -0.2) is 14.3 Å². The van der Waals surface area contributed by atoms with Gasteiger partial charge in [-0.2, -0.15) is 4.37 Å². The fourth-order valence-electron chi connectivity index (χ4n) is 1.81. The molecule has 3 N–H and O–H groups in total. The van der Waals surface area contributed by atoms with Crippen molar-refractivity contribution in [3.63, 3.8) is 0 Å². The largest absolute Gasteiger partial charge is 0.389 e. The minimum atomic E-state index is -0.964. The van der Waals surface area contributed by atoms with Gasteiger partial charge >= 0.3 is 0 Å². The van der Waals surface area contributed by atoms with Crippen LogP contribution in [0.25, 0.3) is 22.4 Å². The highest BCUT2D eigenvalue weighted by Crippen LogP contribution is 2.32. The number of aromatic nitrogens is 3. The Morgan fingerprint density at radius 1 is 1.33 bits per heavy atom. The lowest BCUT2D eigenvalue weighted by Gasteiger charge is -1.94. The van der Waals surface area contributed by atoms with E-state index < -0.39 is 11.6 Å². The summed E-state index contributed by atoms with van der Waals surface area (Å²) in [4.78, 5) is 6.97. The second kappa shape index (κ2) is 3.74. The van der Waals surface area contributed by atoms with Crippen molar-refractivity contribution >= 4 is 27.6 Å². The molecule has 18 heavy (non-hydrogen) atoms. The lowest BCUT2D eigenvalue weighted by Crippen LogP contribution is -1.88. The molecular formula is C11H8F2N4S. The van der Waals surface area contributed by atoms with Crippen LogP contribution in [0, 0.1) is 18.6 Å². The Labute approximate surface area is 105 Å². The number of halogens is 2. The van der Waals surface area contributed by atoms with E-state index in [1.54, 1.807) is 6.92 Å². The zero-order chi connectivity index (χ0) is 12.9. The number of nitrogen functional groups attached to an aromatic ring is 1. The van der Waals surface area contributed by atoms with E-state index in [1.807, 2.05) is 0 Å². The molecule has 0 saturated carbocycles. The molecule has 2 aromatic heterocycles. The van der Waals surface area contributed by atoms with Crippen LogP contribution in [0.2, 0.25) is 0 Å². The van der Waals surface area contributed by atoms with Gasteiger partial charge in [0.25, 0.3) is 0 Å². The first-order chi connectivity index (χ1) is 8.58. The van der Waals surface area contributed by atoms with Crippen molar-refractivity contribution in [1.82, 2.24) is 14.3 Å². The van der Waals surface area contributed by atoms with E-state index >= 15 is 0 Å². The topological polar surface area (TPSA) is 67.6 Å². The lowest BCUT2D eigenvalue weighted by atomic mass is 10.2. The van der Waals surface area contributed by atoms with Crippen molar-refractivity contribution in [3.8, 4) is 11.4 Å². The number of rotatable bonds is 1. The monoisotopic (exact) mass is 266 g/mol. The van der Waals surface area contributed by atoms with Gasteiger partial charge in [-0.1, -0.05) is 0 Å². The average Bonchev–Trinajstić information content (AvgIpc) is 2.88. The standard InChI is InChI=1S/C11H8F2N4S/c1-4-7(10(14)18-17-4)11-15-6-3-2-5(12)8(13)9(6)16-11/h2-3H,14H2,1H3,(H,15,16). The normalized spacial score (nSPS) is 11.3. The minimum absolute atomic E-state index is 0.0324. The molecule has 0 unspecified atom stereocenters. The molecule has 92 valence electrons. The maximum atomic E-state index is 13.6. The highest BCUT2D eigenvalue weighted by Gasteiger charge is 2.17. The molecule has 0 bridgehead atoms. The maximum absolute atomic E-state index is 13.6. The van der Waals surface area contributed by atoms with E-state index in [-0.39, 0.29) is 5.52 Å². The number of nitrogens with zero attached hydrogens (tertiary/aromatic N) is 2. The summed E-state index contributed by atoms with van der Waals surface area (Å²) in [5, 5.41) is 0.493. The molecule has 4 nitrogen and oxygen atoms in total. The Bertz CT molecular complexity index is 727. The number of imidazole rings is 1. The maximum Gasteiger partial charge on any atom is 0.186 e. The number of nitrogens with two attached hydrogens (primary N) is 1. The Morgan fingerprint density at radius 3 is 2.78 bits per heavy atom. The number of anilines is 1. The van der Waals surface area contributed by atoms with Gasteiger partial charge in [-0.3, -0.25) is 0 Å². The minimum Gasteiger partial charge on any atom is -0.389 e. The van der Waals surface area contributed by atoms with Crippen LogP contribution in [-0.2, 0) is 0 Å². The third kappa shape index (κ3) is 1.47. The molecule has 3 aromatic rings. The first-order valence-electron chi connectivity index (χ1n) is 5.13. The van der Waals surface area contributed by atoms with Crippen molar-refractivity contribution in [2.75, 3.05) is 5.73 Å². The fraction of sp³-hybridized carbons (Fsp3) is 0.0909. The molecule has 3 rings (SSSR count). The zero-order valence-electron chi connectivity index (χ0n) is 9.29. The summed E-state index contributed by atoms with van der Waals surface area (Å²) in [6.07, 6.45) is 0. The molecule has 0 saturated heterocycles. The van der Waals surface area contributed by atoms with Crippen molar-refractivity contribution < 1.29 is 8.78 Å². The summed E-state index contributed by atoms with van der Waals surface area (Å²) in [7, 11) is 0.